The Morgan fingerprint density at radius 2 is 1.61 bits per heavy atom. The highest BCUT2D eigenvalue weighted by molar-refractivity contribution is 5.95. The first-order valence-corrected chi connectivity index (χ1v) is 9.23. The van der Waals surface area contributed by atoms with Crippen LogP contribution in [-0.4, -0.2) is 44.6 Å². The van der Waals surface area contributed by atoms with Gasteiger partial charge >= 0.3 is 0 Å². The molecule has 0 bridgehead atoms. The number of hydrogen-bond acceptors (Lipinski definition) is 4. The van der Waals surface area contributed by atoms with Crippen LogP contribution in [0.1, 0.15) is 40.1 Å². The van der Waals surface area contributed by atoms with Crippen molar-refractivity contribution in [1.82, 2.24) is 25.0 Å². The highest BCUT2D eigenvalue weighted by atomic mass is 16.2. The van der Waals surface area contributed by atoms with Gasteiger partial charge in [0.05, 0.1) is 5.69 Å². The fourth-order valence-corrected chi connectivity index (χ4v) is 2.85. The molecule has 0 radical (unpaired) electrons. The first-order chi connectivity index (χ1) is 13.6. The van der Waals surface area contributed by atoms with Crippen molar-refractivity contribution in [3.8, 4) is 5.69 Å². The number of carbonyl (C=O) groups is 2. The third-order valence-electron chi connectivity index (χ3n) is 4.52. The summed E-state index contributed by atoms with van der Waals surface area (Å²) in [6, 6.07) is 14.5. The lowest BCUT2D eigenvalue weighted by atomic mass is 10.1. The van der Waals surface area contributed by atoms with E-state index in [1.807, 2.05) is 38.1 Å². The molecule has 0 spiro atoms. The Morgan fingerprint density at radius 1 is 0.964 bits per heavy atom. The average molecular weight is 377 g/mol. The first-order valence-electron chi connectivity index (χ1n) is 9.23. The third kappa shape index (κ3) is 4.43. The minimum absolute atomic E-state index is 0.0213. The van der Waals surface area contributed by atoms with Gasteiger partial charge in [-0.25, -0.2) is 9.67 Å². The highest BCUT2D eigenvalue weighted by Crippen LogP contribution is 2.10. The van der Waals surface area contributed by atoms with Gasteiger partial charge in [0, 0.05) is 30.8 Å². The summed E-state index contributed by atoms with van der Waals surface area (Å²) >= 11 is 0. The summed E-state index contributed by atoms with van der Waals surface area (Å²) in [5, 5.41) is 6.95. The van der Waals surface area contributed by atoms with Crippen LogP contribution in [0.4, 0.5) is 0 Å². The van der Waals surface area contributed by atoms with Crippen molar-refractivity contribution in [2.45, 2.75) is 20.4 Å². The summed E-state index contributed by atoms with van der Waals surface area (Å²) < 4.78 is 1.63. The minimum atomic E-state index is -0.159. The summed E-state index contributed by atoms with van der Waals surface area (Å²) in [6.07, 6.45) is 3.06. The average Bonchev–Trinajstić information content (AvgIpc) is 3.28. The maximum absolute atomic E-state index is 12.4. The van der Waals surface area contributed by atoms with E-state index in [-0.39, 0.29) is 11.8 Å². The Labute approximate surface area is 164 Å². The van der Waals surface area contributed by atoms with Gasteiger partial charge in [0.2, 0.25) is 0 Å². The Kier molecular flexibility index (Phi) is 6.16. The van der Waals surface area contributed by atoms with Crippen molar-refractivity contribution in [3.05, 3.63) is 77.9 Å². The van der Waals surface area contributed by atoms with Crippen molar-refractivity contribution >= 4 is 11.8 Å². The van der Waals surface area contributed by atoms with Crippen LogP contribution in [0.25, 0.3) is 5.69 Å². The van der Waals surface area contributed by atoms with E-state index < -0.39 is 0 Å². The second kappa shape index (κ2) is 8.94. The van der Waals surface area contributed by atoms with Crippen molar-refractivity contribution in [3.63, 3.8) is 0 Å². The van der Waals surface area contributed by atoms with Crippen molar-refractivity contribution in [2.24, 2.45) is 0 Å². The van der Waals surface area contributed by atoms with Crippen LogP contribution < -0.4 is 5.32 Å². The zero-order valence-corrected chi connectivity index (χ0v) is 16.0. The molecule has 3 rings (SSSR count). The molecular weight excluding hydrogens is 354 g/mol. The van der Waals surface area contributed by atoms with Gasteiger partial charge in [-0.05, 0) is 55.8 Å². The molecular formula is C21H23N5O2. The predicted molar refractivity (Wildman–Crippen MR) is 106 cm³/mol. The van der Waals surface area contributed by atoms with Gasteiger partial charge in [-0.3, -0.25) is 9.59 Å². The number of aromatic nitrogens is 3. The van der Waals surface area contributed by atoms with Gasteiger partial charge in [-0.15, -0.1) is 0 Å². The fourth-order valence-electron chi connectivity index (χ4n) is 2.85. The molecule has 0 unspecified atom stereocenters. The second-order valence-corrected chi connectivity index (χ2v) is 6.24. The number of nitrogens with zero attached hydrogens (tertiary/aromatic N) is 4. The number of benzene rings is 2. The van der Waals surface area contributed by atoms with Gasteiger partial charge in [0.1, 0.15) is 12.7 Å². The highest BCUT2D eigenvalue weighted by Gasteiger charge is 2.12. The monoisotopic (exact) mass is 377 g/mol. The van der Waals surface area contributed by atoms with Gasteiger partial charge in [0.15, 0.2) is 0 Å². The van der Waals surface area contributed by atoms with E-state index in [2.05, 4.69) is 15.4 Å². The molecule has 144 valence electrons. The van der Waals surface area contributed by atoms with E-state index in [0.717, 1.165) is 11.3 Å². The molecule has 7 heteroatoms. The molecule has 2 amide bonds. The molecule has 0 aliphatic heterocycles. The van der Waals surface area contributed by atoms with E-state index in [0.29, 0.717) is 30.8 Å². The molecule has 1 heterocycles. The Hall–Kier alpha value is -3.48. The summed E-state index contributed by atoms with van der Waals surface area (Å²) in [7, 11) is 0. The van der Waals surface area contributed by atoms with Gasteiger partial charge in [0.25, 0.3) is 11.8 Å². The summed E-state index contributed by atoms with van der Waals surface area (Å²) in [5.41, 5.74) is 2.99. The largest absolute Gasteiger partial charge is 0.348 e. The van der Waals surface area contributed by atoms with Crippen LogP contribution >= 0.6 is 0 Å². The molecule has 3 aromatic rings. The molecule has 1 aromatic heterocycles. The SMILES string of the molecule is CCN(CC)C(=O)c1ccc(CNC(=O)c2ccc(-n3cncn3)cc2)cc1. The van der Waals surface area contributed by atoms with Crippen LogP contribution in [0.15, 0.2) is 61.2 Å². The Morgan fingerprint density at radius 3 is 2.18 bits per heavy atom. The summed E-state index contributed by atoms with van der Waals surface area (Å²) in [4.78, 5) is 30.4. The van der Waals surface area contributed by atoms with Crippen LogP contribution in [0.3, 0.4) is 0 Å². The van der Waals surface area contributed by atoms with Crippen molar-refractivity contribution in [2.75, 3.05) is 13.1 Å². The smallest absolute Gasteiger partial charge is 0.253 e. The van der Waals surface area contributed by atoms with Crippen molar-refractivity contribution in [1.29, 1.82) is 0 Å². The van der Waals surface area contributed by atoms with Crippen LogP contribution in [0, 0.1) is 0 Å². The van der Waals surface area contributed by atoms with Gasteiger partial charge in [-0.2, -0.15) is 5.10 Å². The fraction of sp³-hybridized carbons (Fsp3) is 0.238. The van der Waals surface area contributed by atoms with Crippen molar-refractivity contribution < 1.29 is 9.59 Å². The lowest BCUT2D eigenvalue weighted by molar-refractivity contribution is 0.0772. The van der Waals surface area contributed by atoms with E-state index in [1.165, 1.54) is 6.33 Å². The summed E-state index contributed by atoms with van der Waals surface area (Å²) in [5.74, 6) is -0.138. The second-order valence-electron chi connectivity index (χ2n) is 6.24. The van der Waals surface area contributed by atoms with E-state index >= 15 is 0 Å². The number of hydrogen-bond donors (Lipinski definition) is 1. The minimum Gasteiger partial charge on any atom is -0.348 e. The lowest BCUT2D eigenvalue weighted by Gasteiger charge is -2.18. The maximum atomic E-state index is 12.4. The first kappa shape index (κ1) is 19.3. The molecule has 1 N–H and O–H groups in total. The van der Waals surface area contributed by atoms with E-state index in [9.17, 15) is 9.59 Å². The van der Waals surface area contributed by atoms with E-state index in [1.54, 1.807) is 40.2 Å². The number of carbonyl (C=O) groups excluding carboxylic acids is 2. The zero-order chi connectivity index (χ0) is 19.9. The van der Waals surface area contributed by atoms with E-state index in [4.69, 9.17) is 0 Å². The molecule has 0 saturated heterocycles. The van der Waals surface area contributed by atoms with Crippen LogP contribution in [0.5, 0.6) is 0 Å². The molecule has 0 aliphatic rings. The maximum Gasteiger partial charge on any atom is 0.253 e. The standard InChI is InChI=1S/C21H23N5O2/c1-3-25(4-2)21(28)18-7-5-16(6-8-18)13-23-20(27)17-9-11-19(12-10-17)26-15-22-14-24-26/h5-12,14-15H,3-4,13H2,1-2H3,(H,23,27). The van der Waals surface area contributed by atoms with Crippen LogP contribution in [-0.2, 0) is 6.54 Å². The zero-order valence-electron chi connectivity index (χ0n) is 16.0. The Balaban J connectivity index is 1.58. The lowest BCUT2D eigenvalue weighted by Crippen LogP contribution is -2.30. The molecule has 2 aromatic carbocycles. The number of nitrogens with one attached hydrogen (secondary N) is 1. The molecule has 0 fully saturated rings. The molecule has 28 heavy (non-hydrogen) atoms. The topological polar surface area (TPSA) is 80.1 Å². The molecule has 7 nitrogen and oxygen atoms in total. The van der Waals surface area contributed by atoms with Gasteiger partial charge < -0.3 is 10.2 Å². The predicted octanol–water partition coefficient (Wildman–Crippen LogP) is 2.68. The third-order valence-corrected chi connectivity index (χ3v) is 4.52. The normalized spacial score (nSPS) is 10.5. The quantitative estimate of drug-likeness (QED) is 0.686. The number of rotatable bonds is 7. The number of amides is 2. The van der Waals surface area contributed by atoms with Gasteiger partial charge in [-0.1, -0.05) is 12.1 Å². The molecule has 0 atom stereocenters. The molecule has 0 saturated carbocycles. The molecule has 0 aliphatic carbocycles. The summed E-state index contributed by atoms with van der Waals surface area (Å²) in [6.45, 7) is 5.68. The van der Waals surface area contributed by atoms with Crippen LogP contribution in [0.2, 0.25) is 0 Å². The Bertz CT molecular complexity index is 914.